The molecule has 1 atom stereocenters. The molecule has 10 heteroatoms. The number of fused-ring (bicyclic) bond motifs is 1. The van der Waals surface area contributed by atoms with E-state index in [4.69, 9.17) is 19.2 Å². The molecular weight excluding hydrogens is 470 g/mol. The number of morpholine rings is 1. The Morgan fingerprint density at radius 2 is 1.97 bits per heavy atom. The number of aromatic nitrogens is 2. The van der Waals surface area contributed by atoms with Gasteiger partial charge in [0.25, 0.3) is 0 Å². The number of guanidine groups is 1. The second-order valence-electron chi connectivity index (χ2n) is 9.33. The minimum Gasteiger partial charge on any atom is -0.493 e. The predicted octanol–water partition coefficient (Wildman–Crippen LogP) is 3.06. The molecule has 1 fully saturated rings. The van der Waals surface area contributed by atoms with Gasteiger partial charge in [-0.2, -0.15) is 0 Å². The first-order chi connectivity index (χ1) is 17.9. The summed E-state index contributed by atoms with van der Waals surface area (Å²) in [4.78, 5) is 15.9. The van der Waals surface area contributed by atoms with Crippen LogP contribution in [-0.2, 0) is 4.74 Å². The van der Waals surface area contributed by atoms with Crippen LogP contribution in [0.2, 0.25) is 0 Å². The number of anilines is 2. The van der Waals surface area contributed by atoms with Gasteiger partial charge in [0, 0.05) is 30.2 Å². The van der Waals surface area contributed by atoms with Crippen LogP contribution in [-0.4, -0.2) is 87.5 Å². The van der Waals surface area contributed by atoms with Crippen LogP contribution >= 0.6 is 0 Å². The van der Waals surface area contributed by atoms with E-state index in [1.807, 2.05) is 32.3 Å². The number of aliphatic imine (C=N–C) groups is 1. The predicted molar refractivity (Wildman–Crippen MR) is 148 cm³/mol. The van der Waals surface area contributed by atoms with Gasteiger partial charge in [0.1, 0.15) is 18.8 Å². The Kier molecular flexibility index (Phi) is 9.10. The van der Waals surface area contributed by atoms with Gasteiger partial charge in [-0.05, 0) is 45.1 Å². The first-order valence-corrected chi connectivity index (χ1v) is 12.5. The highest BCUT2D eigenvalue weighted by Gasteiger charge is 2.17. The molecule has 0 aliphatic carbocycles. The number of methoxy groups -OCH3 is 1. The minimum absolute atomic E-state index is 0.133. The third-order valence-corrected chi connectivity index (χ3v) is 6.14. The van der Waals surface area contributed by atoms with Gasteiger partial charge in [0.2, 0.25) is 5.96 Å². The van der Waals surface area contributed by atoms with Crippen LogP contribution in [0.15, 0.2) is 41.7 Å². The Bertz CT molecular complexity index is 1210. The first-order valence-electron chi connectivity index (χ1n) is 12.5. The molecule has 2 heterocycles. The van der Waals surface area contributed by atoms with Crippen LogP contribution in [0.25, 0.3) is 10.9 Å². The molecule has 2 aromatic carbocycles. The van der Waals surface area contributed by atoms with Crippen molar-refractivity contribution in [3.63, 3.8) is 0 Å². The van der Waals surface area contributed by atoms with Gasteiger partial charge in [0.05, 0.1) is 38.4 Å². The number of rotatable bonds is 9. The van der Waals surface area contributed by atoms with Crippen molar-refractivity contribution in [1.82, 2.24) is 20.2 Å². The van der Waals surface area contributed by atoms with Gasteiger partial charge in [-0.25, -0.2) is 9.97 Å². The van der Waals surface area contributed by atoms with Crippen molar-refractivity contribution in [1.29, 1.82) is 0 Å². The standard InChI is InChI=1S/C27H37N7O3/c1-18-7-6-8-19(2)25(18)32-27(29-9-11-34(3)4)33-26-21-13-23(35-5)24(14-22(21)30-17-31-26)37-16-20-15-36-12-10-28-20/h6-8,13-14,17,20,28H,9-12,15-16H2,1-5H3,(H2,29,30,31,32,33). The fraction of sp³-hybridized carbons (Fsp3) is 0.444. The van der Waals surface area contributed by atoms with Crippen molar-refractivity contribution in [3.8, 4) is 11.5 Å². The SMILES string of the molecule is COc1cc2c(NC(=NCCN(C)C)Nc3c(C)cccc3C)ncnc2cc1OCC1COCCN1. The van der Waals surface area contributed by atoms with Crippen LogP contribution in [0.4, 0.5) is 11.5 Å². The maximum atomic E-state index is 6.09. The second kappa shape index (κ2) is 12.7. The number of aryl methyl sites for hydroxylation is 2. The zero-order valence-corrected chi connectivity index (χ0v) is 22.3. The second-order valence-corrected chi connectivity index (χ2v) is 9.33. The smallest absolute Gasteiger partial charge is 0.201 e. The largest absolute Gasteiger partial charge is 0.493 e. The Hall–Kier alpha value is -3.47. The topological polar surface area (TPSA) is 105 Å². The van der Waals surface area contributed by atoms with Crippen LogP contribution in [0, 0.1) is 13.8 Å². The van der Waals surface area contributed by atoms with Gasteiger partial charge in [-0.15, -0.1) is 0 Å². The molecule has 3 aromatic rings. The Labute approximate surface area is 218 Å². The molecule has 0 amide bonds. The van der Waals surface area contributed by atoms with E-state index in [1.54, 1.807) is 7.11 Å². The Balaban J connectivity index is 1.61. The summed E-state index contributed by atoms with van der Waals surface area (Å²) in [6, 6.07) is 10.1. The maximum absolute atomic E-state index is 6.09. The van der Waals surface area contributed by atoms with E-state index in [0.29, 0.717) is 43.0 Å². The van der Waals surface area contributed by atoms with E-state index in [2.05, 4.69) is 56.8 Å². The lowest BCUT2D eigenvalue weighted by Gasteiger charge is -2.24. The fourth-order valence-electron chi connectivity index (χ4n) is 4.07. The average molecular weight is 508 g/mol. The highest BCUT2D eigenvalue weighted by atomic mass is 16.5. The molecule has 1 aliphatic heterocycles. The zero-order chi connectivity index (χ0) is 26.2. The lowest BCUT2D eigenvalue weighted by Crippen LogP contribution is -2.44. The summed E-state index contributed by atoms with van der Waals surface area (Å²) in [5.41, 5.74) is 4.03. The Morgan fingerprint density at radius 3 is 2.68 bits per heavy atom. The third-order valence-electron chi connectivity index (χ3n) is 6.14. The summed E-state index contributed by atoms with van der Waals surface area (Å²) >= 11 is 0. The molecular formula is C27H37N7O3. The molecule has 37 heavy (non-hydrogen) atoms. The van der Waals surface area contributed by atoms with Crippen LogP contribution in [0.5, 0.6) is 11.5 Å². The van der Waals surface area contributed by atoms with Crippen LogP contribution < -0.4 is 25.4 Å². The zero-order valence-electron chi connectivity index (χ0n) is 22.3. The van der Waals surface area contributed by atoms with E-state index in [-0.39, 0.29) is 6.04 Å². The van der Waals surface area contributed by atoms with Crippen molar-refractivity contribution in [2.45, 2.75) is 19.9 Å². The highest BCUT2D eigenvalue weighted by Crippen LogP contribution is 2.34. The molecule has 0 bridgehead atoms. The molecule has 1 saturated heterocycles. The number of likely N-dealkylation sites (N-methyl/N-ethyl adjacent to an activating group) is 1. The molecule has 1 aliphatic rings. The summed E-state index contributed by atoms with van der Waals surface area (Å²) in [5, 5.41) is 11.1. The maximum Gasteiger partial charge on any atom is 0.201 e. The van der Waals surface area contributed by atoms with Crippen molar-refractivity contribution in [2.24, 2.45) is 4.99 Å². The fourth-order valence-corrected chi connectivity index (χ4v) is 4.07. The summed E-state index contributed by atoms with van der Waals surface area (Å²) < 4.78 is 17.3. The summed E-state index contributed by atoms with van der Waals surface area (Å²) in [7, 11) is 5.69. The van der Waals surface area contributed by atoms with E-state index in [1.165, 1.54) is 6.33 Å². The van der Waals surface area contributed by atoms with E-state index < -0.39 is 0 Å². The van der Waals surface area contributed by atoms with Gasteiger partial charge >= 0.3 is 0 Å². The molecule has 3 N–H and O–H groups in total. The van der Waals surface area contributed by atoms with Crippen molar-refractivity contribution >= 4 is 28.4 Å². The van der Waals surface area contributed by atoms with Crippen molar-refractivity contribution < 1.29 is 14.2 Å². The average Bonchev–Trinajstić information content (AvgIpc) is 2.89. The monoisotopic (exact) mass is 507 g/mol. The van der Waals surface area contributed by atoms with Gasteiger partial charge in [-0.3, -0.25) is 4.99 Å². The number of hydrogen-bond acceptors (Lipinski definition) is 8. The molecule has 0 saturated carbocycles. The van der Waals surface area contributed by atoms with Crippen molar-refractivity contribution in [2.75, 3.05) is 71.3 Å². The van der Waals surface area contributed by atoms with Crippen LogP contribution in [0.1, 0.15) is 11.1 Å². The molecule has 0 radical (unpaired) electrons. The van der Waals surface area contributed by atoms with Gasteiger partial charge < -0.3 is 35.1 Å². The molecule has 10 nitrogen and oxygen atoms in total. The summed E-state index contributed by atoms with van der Waals surface area (Å²) in [6.07, 6.45) is 1.54. The van der Waals surface area contributed by atoms with Gasteiger partial charge in [-0.1, -0.05) is 18.2 Å². The lowest BCUT2D eigenvalue weighted by molar-refractivity contribution is 0.0588. The molecule has 1 unspecified atom stereocenters. The van der Waals surface area contributed by atoms with E-state index in [0.717, 1.165) is 47.4 Å². The first kappa shape index (κ1) is 26.6. The quantitative estimate of drug-likeness (QED) is 0.298. The minimum atomic E-state index is 0.133. The number of nitrogens with zero attached hydrogens (tertiary/aromatic N) is 4. The molecule has 0 spiro atoms. The summed E-state index contributed by atoms with van der Waals surface area (Å²) in [6.45, 7) is 8.23. The number of para-hydroxylation sites is 1. The molecule has 4 rings (SSSR count). The number of benzene rings is 2. The van der Waals surface area contributed by atoms with Crippen molar-refractivity contribution in [3.05, 3.63) is 47.8 Å². The number of hydrogen-bond donors (Lipinski definition) is 3. The van der Waals surface area contributed by atoms with E-state index in [9.17, 15) is 0 Å². The number of nitrogens with one attached hydrogen (secondary N) is 3. The molecule has 1 aromatic heterocycles. The van der Waals surface area contributed by atoms with E-state index >= 15 is 0 Å². The Morgan fingerprint density at radius 1 is 1.16 bits per heavy atom. The normalized spacial score (nSPS) is 16.2. The third kappa shape index (κ3) is 7.06. The number of ether oxygens (including phenoxy) is 3. The summed E-state index contributed by atoms with van der Waals surface area (Å²) in [5.74, 6) is 2.47. The lowest BCUT2D eigenvalue weighted by atomic mass is 10.1. The van der Waals surface area contributed by atoms with Gasteiger partial charge in [0.15, 0.2) is 11.5 Å². The van der Waals surface area contributed by atoms with Crippen LogP contribution in [0.3, 0.4) is 0 Å². The molecule has 198 valence electrons. The highest BCUT2D eigenvalue weighted by molar-refractivity contribution is 6.08.